The van der Waals surface area contributed by atoms with Crippen molar-refractivity contribution in [2.45, 2.75) is 19.9 Å². The van der Waals surface area contributed by atoms with Gasteiger partial charge < -0.3 is 16.0 Å². The summed E-state index contributed by atoms with van der Waals surface area (Å²) in [4.78, 5) is 23.8. The van der Waals surface area contributed by atoms with Crippen molar-refractivity contribution in [1.82, 2.24) is 0 Å². The fourth-order valence-corrected chi connectivity index (χ4v) is 2.87. The molecule has 0 spiro atoms. The first-order valence-corrected chi connectivity index (χ1v) is 9.12. The third-order valence-electron chi connectivity index (χ3n) is 4.25. The van der Waals surface area contributed by atoms with Crippen molar-refractivity contribution in [3.8, 4) is 11.1 Å². The van der Waals surface area contributed by atoms with Crippen LogP contribution in [0.5, 0.6) is 0 Å². The molecule has 28 heavy (non-hydrogen) atoms. The zero-order valence-electron chi connectivity index (χ0n) is 15.9. The average Bonchev–Trinajstić information content (AvgIpc) is 2.70. The molecule has 5 nitrogen and oxygen atoms in total. The van der Waals surface area contributed by atoms with E-state index in [1.54, 1.807) is 12.1 Å². The monoisotopic (exact) mass is 373 g/mol. The van der Waals surface area contributed by atoms with Crippen LogP contribution in [0.4, 0.5) is 17.1 Å². The van der Waals surface area contributed by atoms with Crippen LogP contribution in [0.1, 0.15) is 13.8 Å². The second-order valence-corrected chi connectivity index (χ2v) is 6.53. The summed E-state index contributed by atoms with van der Waals surface area (Å²) < 4.78 is 0. The molecule has 0 radical (unpaired) electrons. The molecular formula is C23H23N3O2. The highest BCUT2D eigenvalue weighted by atomic mass is 16.2. The number of carbonyl (C=O) groups excluding carboxylic acids is 2. The number of hydrogen-bond acceptors (Lipinski definition) is 3. The van der Waals surface area contributed by atoms with Crippen LogP contribution in [0.25, 0.3) is 11.1 Å². The summed E-state index contributed by atoms with van der Waals surface area (Å²) in [5, 5.41) is 8.90. The van der Waals surface area contributed by atoms with Crippen molar-refractivity contribution in [2.75, 3.05) is 16.0 Å². The number of nitrogens with one attached hydrogen (secondary N) is 3. The second-order valence-electron chi connectivity index (χ2n) is 6.53. The van der Waals surface area contributed by atoms with E-state index in [9.17, 15) is 9.59 Å². The molecule has 3 aromatic rings. The SMILES string of the molecule is CC(=O)Nc1ccc(N[C@H](C)C(=O)Nc2ccccc2-c2ccccc2)cc1. The molecular weight excluding hydrogens is 350 g/mol. The van der Waals surface area contributed by atoms with Crippen LogP contribution in [0.2, 0.25) is 0 Å². The van der Waals surface area contributed by atoms with Gasteiger partial charge in [0.2, 0.25) is 11.8 Å². The minimum Gasteiger partial charge on any atom is -0.374 e. The highest BCUT2D eigenvalue weighted by Gasteiger charge is 2.15. The molecule has 2 amide bonds. The molecule has 0 aromatic heterocycles. The molecule has 3 rings (SSSR count). The summed E-state index contributed by atoms with van der Waals surface area (Å²) in [6, 6.07) is 24.5. The van der Waals surface area contributed by atoms with Crippen molar-refractivity contribution in [2.24, 2.45) is 0 Å². The lowest BCUT2D eigenvalue weighted by atomic mass is 10.0. The lowest BCUT2D eigenvalue weighted by Gasteiger charge is -2.17. The molecule has 142 valence electrons. The van der Waals surface area contributed by atoms with Gasteiger partial charge in [-0.1, -0.05) is 48.5 Å². The Morgan fingerprint density at radius 2 is 1.36 bits per heavy atom. The van der Waals surface area contributed by atoms with Gasteiger partial charge in [0.25, 0.3) is 0 Å². The second kappa shape index (κ2) is 8.86. The topological polar surface area (TPSA) is 70.2 Å². The van der Waals surface area contributed by atoms with E-state index in [1.807, 2.05) is 73.7 Å². The zero-order chi connectivity index (χ0) is 19.9. The van der Waals surface area contributed by atoms with Crippen LogP contribution in [0, 0.1) is 0 Å². The number of amides is 2. The van der Waals surface area contributed by atoms with E-state index >= 15 is 0 Å². The van der Waals surface area contributed by atoms with E-state index in [4.69, 9.17) is 0 Å². The Morgan fingerprint density at radius 1 is 0.750 bits per heavy atom. The molecule has 1 atom stereocenters. The number of para-hydroxylation sites is 1. The maximum Gasteiger partial charge on any atom is 0.246 e. The lowest BCUT2D eigenvalue weighted by molar-refractivity contribution is -0.116. The summed E-state index contributed by atoms with van der Waals surface area (Å²) in [6.45, 7) is 3.27. The minimum atomic E-state index is -0.435. The van der Waals surface area contributed by atoms with E-state index in [0.29, 0.717) is 5.69 Å². The van der Waals surface area contributed by atoms with Gasteiger partial charge in [0.05, 0.1) is 0 Å². The van der Waals surface area contributed by atoms with Gasteiger partial charge in [-0.15, -0.1) is 0 Å². The summed E-state index contributed by atoms with van der Waals surface area (Å²) in [5.41, 5.74) is 4.31. The average molecular weight is 373 g/mol. The minimum absolute atomic E-state index is 0.120. The standard InChI is InChI=1S/C23H23N3O2/c1-16(24-19-12-14-20(15-13-19)25-17(2)27)23(28)26-22-11-7-6-10-21(22)18-8-4-3-5-9-18/h3-16,24H,1-2H3,(H,25,27)(H,26,28)/t16-/m1/s1. The fraction of sp³-hybridized carbons (Fsp3) is 0.130. The summed E-state index contributed by atoms with van der Waals surface area (Å²) in [6.07, 6.45) is 0. The number of carbonyl (C=O) groups is 2. The molecule has 0 saturated carbocycles. The first-order valence-electron chi connectivity index (χ1n) is 9.12. The molecule has 0 unspecified atom stereocenters. The van der Waals surface area contributed by atoms with Crippen LogP contribution >= 0.6 is 0 Å². The summed E-state index contributed by atoms with van der Waals surface area (Å²) >= 11 is 0. The third kappa shape index (κ3) is 4.98. The molecule has 5 heteroatoms. The summed E-state index contributed by atoms with van der Waals surface area (Å²) in [7, 11) is 0. The Bertz CT molecular complexity index is 953. The van der Waals surface area contributed by atoms with Crippen LogP contribution in [-0.4, -0.2) is 17.9 Å². The molecule has 0 fully saturated rings. The number of benzene rings is 3. The van der Waals surface area contributed by atoms with E-state index in [2.05, 4.69) is 16.0 Å². The van der Waals surface area contributed by atoms with E-state index in [0.717, 1.165) is 22.5 Å². The van der Waals surface area contributed by atoms with E-state index in [1.165, 1.54) is 6.92 Å². The molecule has 0 aliphatic heterocycles. The van der Waals surface area contributed by atoms with Crippen molar-refractivity contribution >= 4 is 28.9 Å². The Balaban J connectivity index is 1.67. The lowest BCUT2D eigenvalue weighted by Crippen LogP contribution is -2.32. The van der Waals surface area contributed by atoms with Crippen LogP contribution in [0.15, 0.2) is 78.9 Å². The Hall–Kier alpha value is -3.60. The summed E-state index contributed by atoms with van der Waals surface area (Å²) in [5.74, 6) is -0.250. The Labute approximate surface area is 164 Å². The predicted octanol–water partition coefficient (Wildman–Crippen LogP) is 4.75. The fourth-order valence-electron chi connectivity index (χ4n) is 2.87. The molecule has 0 heterocycles. The first-order chi connectivity index (χ1) is 13.5. The number of hydrogen-bond donors (Lipinski definition) is 3. The third-order valence-corrected chi connectivity index (χ3v) is 4.25. The van der Waals surface area contributed by atoms with Crippen molar-refractivity contribution in [3.63, 3.8) is 0 Å². The van der Waals surface area contributed by atoms with Gasteiger partial charge in [0.1, 0.15) is 6.04 Å². The van der Waals surface area contributed by atoms with Crippen molar-refractivity contribution < 1.29 is 9.59 Å². The van der Waals surface area contributed by atoms with Gasteiger partial charge >= 0.3 is 0 Å². The smallest absolute Gasteiger partial charge is 0.246 e. The molecule has 0 bridgehead atoms. The molecule has 0 aliphatic rings. The largest absolute Gasteiger partial charge is 0.374 e. The van der Waals surface area contributed by atoms with Gasteiger partial charge in [-0.3, -0.25) is 9.59 Å². The highest BCUT2D eigenvalue weighted by Crippen LogP contribution is 2.27. The quantitative estimate of drug-likeness (QED) is 0.584. The first kappa shape index (κ1) is 19.2. The molecule has 0 aliphatic carbocycles. The van der Waals surface area contributed by atoms with E-state index < -0.39 is 6.04 Å². The number of anilines is 3. The molecule has 3 N–H and O–H groups in total. The van der Waals surface area contributed by atoms with Crippen LogP contribution in [-0.2, 0) is 9.59 Å². The van der Waals surface area contributed by atoms with Gasteiger partial charge in [-0.05, 0) is 42.8 Å². The maximum absolute atomic E-state index is 12.7. The van der Waals surface area contributed by atoms with E-state index in [-0.39, 0.29) is 11.8 Å². The Morgan fingerprint density at radius 3 is 2.04 bits per heavy atom. The number of rotatable bonds is 6. The van der Waals surface area contributed by atoms with Gasteiger partial charge in [0.15, 0.2) is 0 Å². The molecule has 3 aromatic carbocycles. The zero-order valence-corrected chi connectivity index (χ0v) is 15.9. The molecule has 0 saturated heterocycles. The van der Waals surface area contributed by atoms with Crippen LogP contribution in [0.3, 0.4) is 0 Å². The normalized spacial score (nSPS) is 11.4. The van der Waals surface area contributed by atoms with Crippen LogP contribution < -0.4 is 16.0 Å². The van der Waals surface area contributed by atoms with Gasteiger partial charge in [-0.2, -0.15) is 0 Å². The van der Waals surface area contributed by atoms with Crippen molar-refractivity contribution in [3.05, 3.63) is 78.9 Å². The van der Waals surface area contributed by atoms with Gasteiger partial charge in [0, 0.05) is 29.5 Å². The Kier molecular flexibility index (Phi) is 6.07. The predicted molar refractivity (Wildman–Crippen MR) is 114 cm³/mol. The highest BCUT2D eigenvalue weighted by molar-refractivity contribution is 5.99. The maximum atomic E-state index is 12.7. The van der Waals surface area contributed by atoms with Crippen molar-refractivity contribution in [1.29, 1.82) is 0 Å². The van der Waals surface area contributed by atoms with Gasteiger partial charge in [-0.25, -0.2) is 0 Å².